The summed E-state index contributed by atoms with van der Waals surface area (Å²) in [5.41, 5.74) is 4.80. The second kappa shape index (κ2) is 13.3. The van der Waals surface area contributed by atoms with E-state index in [4.69, 9.17) is 14.2 Å². The summed E-state index contributed by atoms with van der Waals surface area (Å²) in [5, 5.41) is 30.8. The first kappa shape index (κ1) is 29.7. The minimum atomic E-state index is -1.23. The Labute approximate surface area is 230 Å². The maximum Gasteiger partial charge on any atom is 0.337 e. The van der Waals surface area contributed by atoms with Crippen LogP contribution in [0.1, 0.15) is 31.0 Å². The van der Waals surface area contributed by atoms with Crippen molar-refractivity contribution in [2.24, 2.45) is 5.10 Å². The average Bonchev–Trinajstić information content (AvgIpc) is 2.91. The zero-order valence-electron chi connectivity index (χ0n) is 22.8. The van der Waals surface area contributed by atoms with E-state index in [0.717, 1.165) is 0 Å². The van der Waals surface area contributed by atoms with Crippen LogP contribution in [0.3, 0.4) is 0 Å². The molecule has 2 atom stereocenters. The number of methoxy groups -OCH3 is 1. The molecule has 0 saturated heterocycles. The molecule has 40 heavy (non-hydrogen) atoms. The van der Waals surface area contributed by atoms with Gasteiger partial charge in [0, 0.05) is 43.2 Å². The number of esters is 1. The molecule has 2 aromatic rings. The van der Waals surface area contributed by atoms with Gasteiger partial charge in [-0.25, -0.2) is 9.59 Å². The van der Waals surface area contributed by atoms with Crippen LogP contribution in [0.2, 0.25) is 0 Å². The van der Waals surface area contributed by atoms with Crippen LogP contribution in [0.4, 0.5) is 16.2 Å². The summed E-state index contributed by atoms with van der Waals surface area (Å²) in [4.78, 5) is 36.9. The van der Waals surface area contributed by atoms with Crippen molar-refractivity contribution in [1.82, 2.24) is 16.1 Å². The Balaban J connectivity index is 1.73. The fraction of sp³-hybridized carbons (Fsp3) is 0.346. The number of non-ortho nitro benzene ring substituents is 1. The molecule has 0 fully saturated rings. The van der Waals surface area contributed by atoms with Crippen LogP contribution < -0.4 is 30.4 Å². The topological polar surface area (TPSA) is 177 Å². The third-order valence-electron chi connectivity index (χ3n) is 5.80. The summed E-state index contributed by atoms with van der Waals surface area (Å²) in [6, 6.07) is 8.04. The van der Waals surface area contributed by atoms with Gasteiger partial charge in [0.05, 0.1) is 36.5 Å². The molecule has 0 aliphatic carbocycles. The molecule has 2 aromatic carbocycles. The number of urea groups is 1. The van der Waals surface area contributed by atoms with Gasteiger partial charge in [0.15, 0.2) is 17.7 Å². The van der Waals surface area contributed by atoms with Crippen molar-refractivity contribution in [3.05, 3.63) is 68.9 Å². The van der Waals surface area contributed by atoms with E-state index in [-0.39, 0.29) is 17.9 Å². The molecule has 1 aliphatic heterocycles. The van der Waals surface area contributed by atoms with Gasteiger partial charge >= 0.3 is 12.0 Å². The number of nitro benzene ring substituents is 1. The van der Waals surface area contributed by atoms with Crippen molar-refractivity contribution in [3.63, 3.8) is 0 Å². The summed E-state index contributed by atoms with van der Waals surface area (Å²) < 4.78 is 16.3. The third-order valence-corrected chi connectivity index (χ3v) is 5.80. The second-order valence-electron chi connectivity index (χ2n) is 8.81. The number of nitro groups is 1. The van der Waals surface area contributed by atoms with E-state index in [0.29, 0.717) is 40.6 Å². The van der Waals surface area contributed by atoms with Crippen LogP contribution in [0.25, 0.3) is 0 Å². The van der Waals surface area contributed by atoms with Crippen molar-refractivity contribution in [2.45, 2.75) is 26.1 Å². The van der Waals surface area contributed by atoms with Crippen molar-refractivity contribution in [1.29, 1.82) is 0 Å². The molecule has 3 rings (SSSR count). The van der Waals surface area contributed by atoms with Crippen LogP contribution in [0.5, 0.6) is 11.5 Å². The van der Waals surface area contributed by atoms with Crippen molar-refractivity contribution in [2.75, 3.05) is 39.3 Å². The Morgan fingerprint density at radius 2 is 2.00 bits per heavy atom. The number of aliphatic hydroxyl groups is 1. The lowest BCUT2D eigenvalue weighted by Gasteiger charge is -2.28. The number of allylic oxidation sites excluding steroid dienone is 1. The van der Waals surface area contributed by atoms with Crippen LogP contribution >= 0.6 is 0 Å². The zero-order chi connectivity index (χ0) is 29.4. The molecule has 0 bridgehead atoms. The highest BCUT2D eigenvalue weighted by atomic mass is 16.6. The molecule has 214 valence electrons. The number of hydrogen-bond acceptors (Lipinski definition) is 11. The van der Waals surface area contributed by atoms with Gasteiger partial charge in [-0.2, -0.15) is 5.10 Å². The number of nitrogens with one attached hydrogen (secondary N) is 3. The number of hydrogen-bond donors (Lipinski definition) is 4. The van der Waals surface area contributed by atoms with Crippen LogP contribution in [-0.2, 0) is 9.53 Å². The number of aliphatic hydroxyl groups excluding tert-OH is 1. The molecule has 0 saturated carbocycles. The van der Waals surface area contributed by atoms with Crippen molar-refractivity contribution in [3.8, 4) is 11.5 Å². The van der Waals surface area contributed by atoms with Gasteiger partial charge in [-0.15, -0.1) is 0 Å². The van der Waals surface area contributed by atoms with E-state index in [9.17, 15) is 24.8 Å². The van der Waals surface area contributed by atoms with Crippen LogP contribution in [-0.4, -0.2) is 68.9 Å². The van der Waals surface area contributed by atoms with E-state index in [2.05, 4.69) is 21.2 Å². The average molecular weight is 557 g/mol. The number of ether oxygens (including phenoxy) is 3. The maximum atomic E-state index is 12.4. The molecule has 0 unspecified atom stereocenters. The molecule has 2 amide bonds. The SMILES string of the molecule is CCOc1cc([C@@H]2NC(=O)NC(C)=C2C(=O)OC)ccc1OC[C@H](O)N/N=C\c1cc([N+](=O)[O-])ccc1N(C)C. The quantitative estimate of drug-likeness (QED) is 0.0996. The Hall–Kier alpha value is -4.85. The third kappa shape index (κ3) is 7.17. The summed E-state index contributed by atoms with van der Waals surface area (Å²) >= 11 is 0. The normalized spacial score (nSPS) is 15.7. The van der Waals surface area contributed by atoms with Crippen molar-refractivity contribution >= 4 is 29.6 Å². The van der Waals surface area contributed by atoms with Gasteiger partial charge < -0.3 is 34.9 Å². The van der Waals surface area contributed by atoms with E-state index >= 15 is 0 Å². The second-order valence-corrected chi connectivity index (χ2v) is 8.81. The van der Waals surface area contributed by atoms with E-state index in [1.165, 1.54) is 25.5 Å². The van der Waals surface area contributed by atoms with Gasteiger partial charge in [-0.3, -0.25) is 15.5 Å². The molecular formula is C26H32N6O8. The standard InChI is InChI=1S/C26H32N6O8/c1-6-39-21-12-16(24-23(25(34)38-5)15(2)28-26(35)29-24)7-10-20(21)40-14-22(33)30-27-13-17-11-18(32(36)37)8-9-19(17)31(3)4/h7-13,22,24,30,33H,6,14H2,1-5H3,(H2,28,29,35)/b27-13-/t22-,24-/m0/s1. The lowest BCUT2D eigenvalue weighted by molar-refractivity contribution is -0.384. The minimum absolute atomic E-state index is 0.0868. The predicted octanol–water partition coefficient (Wildman–Crippen LogP) is 2.18. The fourth-order valence-corrected chi connectivity index (χ4v) is 3.98. The summed E-state index contributed by atoms with van der Waals surface area (Å²) in [5.74, 6) is 0.0491. The monoisotopic (exact) mass is 556 g/mol. The summed E-state index contributed by atoms with van der Waals surface area (Å²) in [7, 11) is 4.85. The van der Waals surface area contributed by atoms with E-state index < -0.39 is 29.2 Å². The number of rotatable bonds is 12. The molecule has 0 radical (unpaired) electrons. The molecule has 0 spiro atoms. The molecule has 1 aliphatic rings. The number of nitrogens with zero attached hydrogens (tertiary/aromatic N) is 3. The molecular weight excluding hydrogens is 524 g/mol. The molecule has 1 heterocycles. The van der Waals surface area contributed by atoms with Gasteiger partial charge in [0.1, 0.15) is 6.61 Å². The predicted molar refractivity (Wildman–Crippen MR) is 146 cm³/mol. The highest BCUT2D eigenvalue weighted by Gasteiger charge is 2.32. The summed E-state index contributed by atoms with van der Waals surface area (Å²) in [6.07, 6.45) is 0.139. The Bertz CT molecular complexity index is 1330. The van der Waals surface area contributed by atoms with E-state index in [1.807, 2.05) is 0 Å². The lowest BCUT2D eigenvalue weighted by Crippen LogP contribution is -2.45. The van der Waals surface area contributed by atoms with Crippen molar-refractivity contribution < 1.29 is 33.8 Å². The smallest absolute Gasteiger partial charge is 0.337 e. The lowest BCUT2D eigenvalue weighted by atomic mass is 9.95. The maximum absolute atomic E-state index is 12.4. The molecule has 4 N–H and O–H groups in total. The number of carbonyl (C=O) groups is 2. The van der Waals surface area contributed by atoms with Gasteiger partial charge in [-0.1, -0.05) is 6.07 Å². The molecule has 14 heteroatoms. The fourth-order valence-electron chi connectivity index (χ4n) is 3.98. The molecule has 14 nitrogen and oxygen atoms in total. The number of hydrazone groups is 1. The number of anilines is 1. The first-order valence-corrected chi connectivity index (χ1v) is 12.2. The Morgan fingerprint density at radius 1 is 1.25 bits per heavy atom. The Kier molecular flexibility index (Phi) is 9.86. The van der Waals surface area contributed by atoms with E-state index in [1.54, 1.807) is 57.1 Å². The zero-order valence-corrected chi connectivity index (χ0v) is 22.8. The van der Waals surface area contributed by atoms with Crippen LogP contribution in [0.15, 0.2) is 52.8 Å². The van der Waals surface area contributed by atoms with Gasteiger partial charge in [-0.05, 0) is 37.6 Å². The first-order chi connectivity index (χ1) is 19.0. The summed E-state index contributed by atoms with van der Waals surface area (Å²) in [6.45, 7) is 3.48. The highest BCUT2D eigenvalue weighted by Crippen LogP contribution is 2.35. The Morgan fingerprint density at radius 3 is 2.65 bits per heavy atom. The van der Waals surface area contributed by atoms with Gasteiger partial charge in [0.2, 0.25) is 0 Å². The number of benzene rings is 2. The highest BCUT2D eigenvalue weighted by molar-refractivity contribution is 5.95. The molecule has 0 aromatic heterocycles. The minimum Gasteiger partial charge on any atom is -0.490 e. The number of carbonyl (C=O) groups excluding carboxylic acids is 2. The first-order valence-electron chi connectivity index (χ1n) is 12.2. The van der Waals surface area contributed by atoms with Gasteiger partial charge in [0.25, 0.3) is 5.69 Å². The largest absolute Gasteiger partial charge is 0.490 e. The van der Waals surface area contributed by atoms with Crippen LogP contribution in [0, 0.1) is 10.1 Å². The number of amides is 2.